The number of fused-ring (bicyclic) bond motifs is 1. The Bertz CT molecular complexity index is 768. The van der Waals surface area contributed by atoms with Gasteiger partial charge in [0.05, 0.1) is 12.8 Å². The number of carbonyl (C=O) groups is 1. The number of methoxy groups -OCH3 is 1. The number of hydrogen-bond donors (Lipinski definition) is 1. The van der Waals surface area contributed by atoms with E-state index in [-0.39, 0.29) is 0 Å². The van der Waals surface area contributed by atoms with E-state index in [2.05, 4.69) is 5.16 Å². The van der Waals surface area contributed by atoms with Crippen molar-refractivity contribution in [2.24, 2.45) is 5.16 Å². The van der Waals surface area contributed by atoms with Gasteiger partial charge in [0.25, 0.3) is 0 Å². The van der Waals surface area contributed by atoms with Gasteiger partial charge in [0.15, 0.2) is 0 Å². The maximum absolute atomic E-state index is 12.1. The average molecular weight is 325 g/mol. The first-order chi connectivity index (χ1) is 11.7. The van der Waals surface area contributed by atoms with Crippen LogP contribution in [0.15, 0.2) is 47.6 Å². The van der Waals surface area contributed by atoms with E-state index in [4.69, 9.17) is 9.47 Å². The third kappa shape index (κ3) is 3.25. The molecule has 0 saturated heterocycles. The van der Waals surface area contributed by atoms with Gasteiger partial charge in [-0.1, -0.05) is 35.5 Å². The van der Waals surface area contributed by atoms with Crippen molar-refractivity contribution in [1.82, 2.24) is 0 Å². The minimum absolute atomic E-state index is 0.343. The van der Waals surface area contributed by atoms with Gasteiger partial charge in [-0.05, 0) is 42.5 Å². The van der Waals surface area contributed by atoms with E-state index >= 15 is 0 Å². The molecule has 3 rings (SSSR count). The second-order valence-electron chi connectivity index (χ2n) is 5.67. The smallest absolute Gasteiger partial charge is 0.341 e. The van der Waals surface area contributed by atoms with Crippen LogP contribution >= 0.6 is 0 Å². The molecule has 0 radical (unpaired) electrons. The maximum Gasteiger partial charge on any atom is 0.341 e. The highest BCUT2D eigenvalue weighted by Gasteiger charge is 2.23. The van der Waals surface area contributed by atoms with E-state index in [9.17, 15) is 10.0 Å². The Labute approximate surface area is 140 Å². The largest absolute Gasteiger partial charge is 0.488 e. The molecule has 0 saturated carbocycles. The SMILES string of the molecule is COC(=O)c1cc2c(cc1OCc1ccccc1)CCC/C2=N\O. The first-order valence-electron chi connectivity index (χ1n) is 7.86. The standard InChI is InChI=1S/C19H19NO4/c1-23-19(21)16-11-15-14(8-5-9-17(15)20-22)10-18(16)24-12-13-6-3-2-4-7-13/h2-4,6-7,10-11,22H,5,8-9,12H2,1H3/b20-17+. The van der Waals surface area contributed by atoms with Crippen LogP contribution in [0, 0.1) is 0 Å². The van der Waals surface area contributed by atoms with Gasteiger partial charge in [0.2, 0.25) is 0 Å². The van der Waals surface area contributed by atoms with Crippen LogP contribution < -0.4 is 4.74 Å². The molecule has 0 amide bonds. The number of aryl methyl sites for hydroxylation is 1. The van der Waals surface area contributed by atoms with Gasteiger partial charge in [0, 0.05) is 5.56 Å². The fourth-order valence-corrected chi connectivity index (χ4v) is 2.91. The second-order valence-corrected chi connectivity index (χ2v) is 5.67. The number of oxime groups is 1. The summed E-state index contributed by atoms with van der Waals surface area (Å²) in [5, 5.41) is 12.5. The molecule has 0 heterocycles. The molecule has 24 heavy (non-hydrogen) atoms. The first-order valence-corrected chi connectivity index (χ1v) is 7.86. The van der Waals surface area contributed by atoms with Crippen molar-refractivity contribution in [2.45, 2.75) is 25.9 Å². The van der Waals surface area contributed by atoms with Crippen molar-refractivity contribution in [3.05, 3.63) is 64.7 Å². The lowest BCUT2D eigenvalue weighted by atomic mass is 9.88. The summed E-state index contributed by atoms with van der Waals surface area (Å²) in [4.78, 5) is 12.1. The number of nitrogens with zero attached hydrogens (tertiary/aromatic N) is 1. The van der Waals surface area contributed by atoms with Crippen molar-refractivity contribution in [2.75, 3.05) is 7.11 Å². The van der Waals surface area contributed by atoms with Gasteiger partial charge in [0.1, 0.15) is 17.9 Å². The number of hydrogen-bond acceptors (Lipinski definition) is 5. The predicted molar refractivity (Wildman–Crippen MR) is 89.8 cm³/mol. The summed E-state index contributed by atoms with van der Waals surface area (Å²) >= 11 is 0. The molecule has 1 aliphatic rings. The van der Waals surface area contributed by atoms with Crippen molar-refractivity contribution in [3.8, 4) is 5.75 Å². The molecule has 0 aliphatic heterocycles. The molecule has 5 nitrogen and oxygen atoms in total. The fourth-order valence-electron chi connectivity index (χ4n) is 2.91. The summed E-state index contributed by atoms with van der Waals surface area (Å²) in [6, 6.07) is 13.3. The fraction of sp³-hybridized carbons (Fsp3) is 0.263. The van der Waals surface area contributed by atoms with Crippen LogP contribution in [0.3, 0.4) is 0 Å². The second kappa shape index (κ2) is 7.17. The van der Waals surface area contributed by atoms with Crippen LogP contribution in [0.25, 0.3) is 0 Å². The molecule has 0 bridgehead atoms. The first kappa shape index (κ1) is 16.1. The predicted octanol–water partition coefficient (Wildman–Crippen LogP) is 3.57. The van der Waals surface area contributed by atoms with Gasteiger partial charge >= 0.3 is 5.97 Å². The molecule has 0 aromatic heterocycles. The number of rotatable bonds is 4. The lowest BCUT2D eigenvalue weighted by Gasteiger charge is -2.20. The van der Waals surface area contributed by atoms with Gasteiger partial charge < -0.3 is 14.7 Å². The molecule has 1 N–H and O–H groups in total. The molecule has 0 spiro atoms. The summed E-state index contributed by atoms with van der Waals surface area (Å²) in [6.45, 7) is 0.366. The highest BCUT2D eigenvalue weighted by Crippen LogP contribution is 2.30. The van der Waals surface area contributed by atoms with Crippen molar-refractivity contribution >= 4 is 11.7 Å². The molecule has 2 aromatic rings. The molecular weight excluding hydrogens is 306 g/mol. The summed E-state index contributed by atoms with van der Waals surface area (Å²) < 4.78 is 10.7. The van der Waals surface area contributed by atoms with E-state index < -0.39 is 5.97 Å². The van der Waals surface area contributed by atoms with E-state index in [0.29, 0.717) is 30.1 Å². The Kier molecular flexibility index (Phi) is 4.79. The molecule has 1 aliphatic carbocycles. The lowest BCUT2D eigenvalue weighted by molar-refractivity contribution is 0.0595. The minimum atomic E-state index is -0.469. The maximum atomic E-state index is 12.1. The van der Waals surface area contributed by atoms with Gasteiger partial charge in [-0.3, -0.25) is 0 Å². The summed E-state index contributed by atoms with van der Waals surface area (Å²) in [5.41, 5.74) is 3.76. The third-order valence-electron chi connectivity index (χ3n) is 4.14. The number of carbonyl (C=O) groups excluding carboxylic acids is 1. The zero-order valence-corrected chi connectivity index (χ0v) is 13.5. The normalized spacial score (nSPS) is 15.0. The van der Waals surface area contributed by atoms with Crippen LogP contribution in [-0.4, -0.2) is 24.0 Å². The van der Waals surface area contributed by atoms with E-state index in [1.54, 1.807) is 6.07 Å². The average Bonchev–Trinajstić information content (AvgIpc) is 2.65. The lowest BCUT2D eigenvalue weighted by Crippen LogP contribution is -2.15. The third-order valence-corrected chi connectivity index (χ3v) is 4.14. The Morgan fingerprint density at radius 3 is 2.71 bits per heavy atom. The molecule has 0 fully saturated rings. The number of ether oxygens (including phenoxy) is 2. The van der Waals surface area contributed by atoms with Crippen molar-refractivity contribution in [3.63, 3.8) is 0 Å². The number of benzene rings is 2. The van der Waals surface area contributed by atoms with Crippen LogP contribution in [0.5, 0.6) is 5.75 Å². The quantitative estimate of drug-likeness (QED) is 0.530. The van der Waals surface area contributed by atoms with Crippen LogP contribution in [0.1, 0.15) is 39.9 Å². The molecule has 124 valence electrons. The van der Waals surface area contributed by atoms with Crippen molar-refractivity contribution < 1.29 is 19.5 Å². The van der Waals surface area contributed by atoms with Gasteiger partial charge in [-0.25, -0.2) is 4.79 Å². The summed E-state index contributed by atoms with van der Waals surface area (Å²) in [6.07, 6.45) is 2.45. The summed E-state index contributed by atoms with van der Waals surface area (Å²) in [7, 11) is 1.34. The van der Waals surface area contributed by atoms with Gasteiger partial charge in [-0.15, -0.1) is 0 Å². The molecular formula is C19H19NO4. The molecule has 5 heteroatoms. The molecule has 0 unspecified atom stereocenters. The Morgan fingerprint density at radius 1 is 1.21 bits per heavy atom. The van der Waals surface area contributed by atoms with Crippen molar-refractivity contribution in [1.29, 1.82) is 0 Å². The van der Waals surface area contributed by atoms with Crippen LogP contribution in [0.2, 0.25) is 0 Å². The minimum Gasteiger partial charge on any atom is -0.488 e. The Hall–Kier alpha value is -2.82. The zero-order valence-electron chi connectivity index (χ0n) is 13.5. The van der Waals surface area contributed by atoms with E-state index in [0.717, 1.165) is 29.5 Å². The zero-order chi connectivity index (χ0) is 16.9. The Balaban J connectivity index is 1.96. The van der Waals surface area contributed by atoms with Gasteiger partial charge in [-0.2, -0.15) is 0 Å². The number of esters is 1. The van der Waals surface area contributed by atoms with Crippen LogP contribution in [0.4, 0.5) is 0 Å². The summed E-state index contributed by atoms with van der Waals surface area (Å²) in [5.74, 6) is 0.0207. The Morgan fingerprint density at radius 2 is 2.00 bits per heavy atom. The van der Waals surface area contributed by atoms with Crippen LogP contribution in [-0.2, 0) is 17.8 Å². The van der Waals surface area contributed by atoms with E-state index in [1.807, 2.05) is 36.4 Å². The highest BCUT2D eigenvalue weighted by atomic mass is 16.5. The van der Waals surface area contributed by atoms with E-state index in [1.165, 1.54) is 7.11 Å². The monoisotopic (exact) mass is 325 g/mol. The molecule has 0 atom stereocenters. The highest BCUT2D eigenvalue weighted by molar-refractivity contribution is 6.05. The molecule has 2 aromatic carbocycles. The topological polar surface area (TPSA) is 68.1 Å².